The normalized spacial score (nSPS) is 21.6. The van der Waals surface area contributed by atoms with Gasteiger partial charge in [0.15, 0.2) is 0 Å². The number of amides is 1. The fraction of sp³-hybridized carbons (Fsp3) is 0.846. The summed E-state index contributed by atoms with van der Waals surface area (Å²) in [5.41, 5.74) is 0. The maximum Gasteiger partial charge on any atom is 0.237 e. The first-order chi connectivity index (χ1) is 7.76. The van der Waals surface area contributed by atoms with Gasteiger partial charge in [0.05, 0.1) is 6.07 Å². The lowest BCUT2D eigenvalue weighted by Crippen LogP contribution is -2.35. The van der Waals surface area contributed by atoms with E-state index in [9.17, 15) is 4.79 Å². The Labute approximate surface area is 97.2 Å². The predicted molar refractivity (Wildman–Crippen MR) is 61.3 cm³/mol. The number of nitriles is 1. The molecule has 0 spiro atoms. The SMILES string of the molecule is CCC(C#N)C(=O)NCC(C1CC1)C1CC1. The van der Waals surface area contributed by atoms with Crippen molar-refractivity contribution in [2.45, 2.75) is 39.0 Å². The van der Waals surface area contributed by atoms with E-state index in [4.69, 9.17) is 5.26 Å². The molecule has 0 heterocycles. The summed E-state index contributed by atoms with van der Waals surface area (Å²) in [6, 6.07) is 2.05. The van der Waals surface area contributed by atoms with Crippen molar-refractivity contribution in [3.05, 3.63) is 0 Å². The van der Waals surface area contributed by atoms with Crippen molar-refractivity contribution in [2.75, 3.05) is 6.54 Å². The number of carbonyl (C=O) groups excluding carboxylic acids is 1. The molecule has 0 aromatic rings. The van der Waals surface area contributed by atoms with E-state index in [1.165, 1.54) is 25.7 Å². The zero-order valence-electron chi connectivity index (χ0n) is 9.91. The van der Waals surface area contributed by atoms with E-state index < -0.39 is 5.92 Å². The molecule has 0 aromatic heterocycles. The molecule has 16 heavy (non-hydrogen) atoms. The summed E-state index contributed by atoms with van der Waals surface area (Å²) in [7, 11) is 0. The van der Waals surface area contributed by atoms with Gasteiger partial charge in [0.1, 0.15) is 5.92 Å². The van der Waals surface area contributed by atoms with Crippen molar-refractivity contribution in [2.24, 2.45) is 23.7 Å². The number of rotatable bonds is 6. The molecule has 2 rings (SSSR count). The van der Waals surface area contributed by atoms with Crippen LogP contribution in [0.5, 0.6) is 0 Å². The van der Waals surface area contributed by atoms with Crippen molar-refractivity contribution in [1.82, 2.24) is 5.32 Å². The number of nitrogens with zero attached hydrogens (tertiary/aromatic N) is 1. The lowest BCUT2D eigenvalue weighted by Gasteiger charge is -2.17. The third-order valence-corrected chi connectivity index (χ3v) is 3.85. The largest absolute Gasteiger partial charge is 0.355 e. The first-order valence-corrected chi connectivity index (χ1v) is 6.43. The maximum absolute atomic E-state index is 11.7. The topological polar surface area (TPSA) is 52.9 Å². The van der Waals surface area contributed by atoms with Crippen LogP contribution in [0, 0.1) is 35.0 Å². The Balaban J connectivity index is 1.76. The van der Waals surface area contributed by atoms with E-state index in [1.54, 1.807) is 0 Å². The number of nitrogens with one attached hydrogen (secondary N) is 1. The van der Waals surface area contributed by atoms with Crippen molar-refractivity contribution >= 4 is 5.91 Å². The van der Waals surface area contributed by atoms with Gasteiger partial charge in [0.2, 0.25) is 5.91 Å². The lowest BCUT2D eigenvalue weighted by atomic mass is 9.97. The van der Waals surface area contributed by atoms with Gasteiger partial charge in [0.25, 0.3) is 0 Å². The molecule has 3 nitrogen and oxygen atoms in total. The van der Waals surface area contributed by atoms with Gasteiger partial charge in [-0.25, -0.2) is 0 Å². The molecule has 2 aliphatic rings. The first-order valence-electron chi connectivity index (χ1n) is 6.43. The van der Waals surface area contributed by atoms with Crippen LogP contribution in [0.15, 0.2) is 0 Å². The van der Waals surface area contributed by atoms with E-state index in [0.29, 0.717) is 12.3 Å². The lowest BCUT2D eigenvalue weighted by molar-refractivity contribution is -0.123. The Hall–Kier alpha value is -1.04. The third-order valence-electron chi connectivity index (χ3n) is 3.85. The van der Waals surface area contributed by atoms with Crippen molar-refractivity contribution in [3.8, 4) is 6.07 Å². The Morgan fingerprint density at radius 1 is 1.38 bits per heavy atom. The Bertz CT molecular complexity index is 288. The molecule has 0 saturated heterocycles. The van der Waals surface area contributed by atoms with E-state index >= 15 is 0 Å². The summed E-state index contributed by atoms with van der Waals surface area (Å²) in [4.78, 5) is 11.7. The highest BCUT2D eigenvalue weighted by Crippen LogP contribution is 2.48. The van der Waals surface area contributed by atoms with Crippen LogP contribution in [-0.4, -0.2) is 12.5 Å². The molecule has 0 bridgehead atoms. The van der Waals surface area contributed by atoms with Crippen LogP contribution in [0.4, 0.5) is 0 Å². The van der Waals surface area contributed by atoms with Crippen LogP contribution in [0.3, 0.4) is 0 Å². The molecule has 1 N–H and O–H groups in total. The second-order valence-corrected chi connectivity index (χ2v) is 5.17. The van der Waals surface area contributed by atoms with Crippen LogP contribution in [0.2, 0.25) is 0 Å². The molecule has 1 amide bonds. The van der Waals surface area contributed by atoms with Crippen molar-refractivity contribution < 1.29 is 4.79 Å². The van der Waals surface area contributed by atoms with Crippen LogP contribution < -0.4 is 5.32 Å². The first kappa shape index (κ1) is 11.4. The molecule has 1 atom stereocenters. The molecule has 1 unspecified atom stereocenters. The second kappa shape index (κ2) is 4.86. The fourth-order valence-corrected chi connectivity index (χ4v) is 2.44. The smallest absolute Gasteiger partial charge is 0.237 e. The maximum atomic E-state index is 11.7. The van der Waals surface area contributed by atoms with Gasteiger partial charge >= 0.3 is 0 Å². The van der Waals surface area contributed by atoms with Crippen molar-refractivity contribution in [1.29, 1.82) is 5.26 Å². The molecule has 2 fully saturated rings. The van der Waals surface area contributed by atoms with Gasteiger partial charge in [0, 0.05) is 6.54 Å². The zero-order valence-corrected chi connectivity index (χ0v) is 9.91. The Morgan fingerprint density at radius 2 is 1.94 bits per heavy atom. The average Bonchev–Trinajstić information content (AvgIpc) is 3.14. The summed E-state index contributed by atoms with van der Waals surface area (Å²) in [5.74, 6) is 1.88. The molecule has 0 aromatic carbocycles. The van der Waals surface area contributed by atoms with Gasteiger partial charge in [-0.2, -0.15) is 5.26 Å². The summed E-state index contributed by atoms with van der Waals surface area (Å²) < 4.78 is 0. The summed E-state index contributed by atoms with van der Waals surface area (Å²) >= 11 is 0. The number of hydrogen-bond acceptors (Lipinski definition) is 2. The van der Waals surface area contributed by atoms with E-state index in [0.717, 1.165) is 18.4 Å². The van der Waals surface area contributed by atoms with E-state index in [2.05, 4.69) is 11.4 Å². The minimum atomic E-state index is -0.459. The molecule has 2 saturated carbocycles. The molecule has 0 radical (unpaired) electrons. The molecule has 88 valence electrons. The highest BCUT2D eigenvalue weighted by Gasteiger charge is 2.41. The molecule has 2 aliphatic carbocycles. The summed E-state index contributed by atoms with van der Waals surface area (Å²) in [5, 5.41) is 11.8. The van der Waals surface area contributed by atoms with Gasteiger partial charge in [-0.1, -0.05) is 6.92 Å². The minimum Gasteiger partial charge on any atom is -0.355 e. The summed E-state index contributed by atoms with van der Waals surface area (Å²) in [6.45, 7) is 2.68. The van der Waals surface area contributed by atoms with Gasteiger partial charge in [-0.15, -0.1) is 0 Å². The standard InChI is InChI=1S/C13H20N2O/c1-2-9(7-14)13(16)15-8-12(10-3-4-10)11-5-6-11/h9-12H,2-6,8H2,1H3,(H,15,16). The van der Waals surface area contributed by atoms with Gasteiger partial charge < -0.3 is 5.32 Å². The number of hydrogen-bond donors (Lipinski definition) is 1. The molecular weight excluding hydrogens is 200 g/mol. The molecular formula is C13H20N2O. The highest BCUT2D eigenvalue weighted by molar-refractivity contribution is 5.80. The number of carbonyl (C=O) groups is 1. The van der Waals surface area contributed by atoms with Crippen molar-refractivity contribution in [3.63, 3.8) is 0 Å². The van der Waals surface area contributed by atoms with E-state index in [1.807, 2.05) is 6.92 Å². The zero-order chi connectivity index (χ0) is 11.5. The minimum absolute atomic E-state index is 0.0729. The second-order valence-electron chi connectivity index (χ2n) is 5.17. The van der Waals surface area contributed by atoms with Crippen LogP contribution >= 0.6 is 0 Å². The Morgan fingerprint density at radius 3 is 2.31 bits per heavy atom. The molecule has 3 heteroatoms. The van der Waals surface area contributed by atoms with E-state index in [-0.39, 0.29) is 5.91 Å². The monoisotopic (exact) mass is 220 g/mol. The Kier molecular flexibility index (Phi) is 3.48. The van der Waals surface area contributed by atoms with Gasteiger partial charge in [-0.05, 0) is 49.9 Å². The average molecular weight is 220 g/mol. The quantitative estimate of drug-likeness (QED) is 0.745. The van der Waals surface area contributed by atoms with Gasteiger partial charge in [-0.3, -0.25) is 4.79 Å². The predicted octanol–water partition coefficient (Wildman–Crippen LogP) is 2.09. The van der Waals surface area contributed by atoms with Crippen LogP contribution in [0.1, 0.15) is 39.0 Å². The molecule has 0 aliphatic heterocycles. The highest BCUT2D eigenvalue weighted by atomic mass is 16.1. The van der Waals surface area contributed by atoms with Crippen LogP contribution in [0.25, 0.3) is 0 Å². The fourth-order valence-electron chi connectivity index (χ4n) is 2.44. The third kappa shape index (κ3) is 2.75. The van der Waals surface area contributed by atoms with Crippen LogP contribution in [-0.2, 0) is 4.79 Å². The summed E-state index contributed by atoms with van der Waals surface area (Å²) in [6.07, 6.45) is 5.97.